The first-order chi connectivity index (χ1) is 7.09. The average molecular weight is 204 g/mol. The molecule has 0 aliphatic carbocycles. The van der Waals surface area contributed by atoms with Gasteiger partial charge >= 0.3 is 11.9 Å². The van der Waals surface area contributed by atoms with E-state index in [2.05, 4.69) is 4.74 Å². The second-order valence-corrected chi connectivity index (χ2v) is 3.92. The minimum absolute atomic E-state index is 0.376. The highest BCUT2D eigenvalue weighted by molar-refractivity contribution is 5.99. The predicted octanol–water partition coefficient (Wildman–Crippen LogP) is 1.80. The van der Waals surface area contributed by atoms with Crippen LogP contribution in [-0.4, -0.2) is 11.9 Å². The van der Waals surface area contributed by atoms with Gasteiger partial charge in [0.05, 0.1) is 11.8 Å². The van der Waals surface area contributed by atoms with Crippen LogP contribution in [0.4, 0.5) is 0 Å². The van der Waals surface area contributed by atoms with Gasteiger partial charge in [0.2, 0.25) is 0 Å². The van der Waals surface area contributed by atoms with Crippen LogP contribution >= 0.6 is 0 Å². The van der Waals surface area contributed by atoms with E-state index < -0.39 is 17.9 Å². The molecule has 1 aliphatic heterocycles. The Kier molecular flexibility index (Phi) is 2.31. The Hall–Kier alpha value is -1.64. The van der Waals surface area contributed by atoms with Crippen LogP contribution in [0.3, 0.4) is 0 Å². The van der Waals surface area contributed by atoms with Gasteiger partial charge in [-0.2, -0.15) is 0 Å². The van der Waals surface area contributed by atoms with Gasteiger partial charge in [0, 0.05) is 0 Å². The van der Waals surface area contributed by atoms with Crippen LogP contribution in [0.1, 0.15) is 24.0 Å². The lowest BCUT2D eigenvalue weighted by Crippen LogP contribution is -2.12. The van der Waals surface area contributed by atoms with Gasteiger partial charge in [0.25, 0.3) is 0 Å². The molecule has 0 N–H and O–H groups in total. The van der Waals surface area contributed by atoms with Crippen LogP contribution in [0.5, 0.6) is 0 Å². The van der Waals surface area contributed by atoms with E-state index in [0.29, 0.717) is 0 Å². The van der Waals surface area contributed by atoms with E-state index in [9.17, 15) is 9.59 Å². The summed E-state index contributed by atoms with van der Waals surface area (Å²) in [5.41, 5.74) is 1.94. The molecule has 0 aromatic heterocycles. The maximum Gasteiger partial charge on any atom is 0.321 e. The van der Waals surface area contributed by atoms with Crippen LogP contribution in [0.2, 0.25) is 0 Å². The molecule has 0 saturated carbocycles. The molecule has 0 bridgehead atoms. The summed E-state index contributed by atoms with van der Waals surface area (Å²) < 4.78 is 4.60. The van der Waals surface area contributed by atoms with Crippen molar-refractivity contribution in [1.82, 2.24) is 0 Å². The largest absolute Gasteiger partial charge is 0.392 e. The first kappa shape index (κ1) is 9.90. The van der Waals surface area contributed by atoms with Crippen LogP contribution in [0.15, 0.2) is 24.3 Å². The molecular weight excluding hydrogens is 192 g/mol. The minimum atomic E-state index is -0.433. The van der Waals surface area contributed by atoms with E-state index in [0.717, 1.165) is 11.1 Å². The van der Waals surface area contributed by atoms with Crippen LogP contribution in [0.25, 0.3) is 0 Å². The summed E-state index contributed by atoms with van der Waals surface area (Å²) in [7, 11) is 0. The number of benzene rings is 1. The van der Waals surface area contributed by atoms with E-state index >= 15 is 0 Å². The Morgan fingerprint density at radius 1 is 1.20 bits per heavy atom. The second kappa shape index (κ2) is 3.50. The van der Waals surface area contributed by atoms with Gasteiger partial charge in [0.15, 0.2) is 0 Å². The van der Waals surface area contributed by atoms with Gasteiger partial charge in [0.1, 0.15) is 0 Å². The van der Waals surface area contributed by atoms with E-state index in [1.54, 1.807) is 6.92 Å². The van der Waals surface area contributed by atoms with Gasteiger partial charge in [-0.05, 0) is 12.5 Å². The summed E-state index contributed by atoms with van der Waals surface area (Å²) in [5.74, 6) is -1.67. The Labute approximate surface area is 88.1 Å². The Morgan fingerprint density at radius 3 is 2.47 bits per heavy atom. The monoisotopic (exact) mass is 204 g/mol. The van der Waals surface area contributed by atoms with Crippen LogP contribution in [-0.2, 0) is 14.3 Å². The molecule has 3 heteroatoms. The summed E-state index contributed by atoms with van der Waals surface area (Å²) in [4.78, 5) is 22.7. The molecule has 0 radical (unpaired) electrons. The number of aryl methyl sites for hydroxylation is 1. The van der Waals surface area contributed by atoms with E-state index in [4.69, 9.17) is 0 Å². The topological polar surface area (TPSA) is 43.4 Å². The first-order valence-electron chi connectivity index (χ1n) is 4.91. The van der Waals surface area contributed by atoms with Crippen molar-refractivity contribution in [1.29, 1.82) is 0 Å². The minimum Gasteiger partial charge on any atom is -0.392 e. The molecule has 1 saturated heterocycles. The standard InChI is InChI=1S/C12H12O3/c1-7-4-3-5-9(6-7)10-8(2)11(13)15-12(10)14/h3-6,8,10H,1-2H3. The molecule has 1 aliphatic rings. The smallest absolute Gasteiger partial charge is 0.321 e. The molecule has 2 atom stereocenters. The van der Waals surface area contributed by atoms with Crippen molar-refractivity contribution < 1.29 is 14.3 Å². The Morgan fingerprint density at radius 2 is 1.93 bits per heavy atom. The molecule has 0 spiro atoms. The summed E-state index contributed by atoms with van der Waals surface area (Å²) in [6.45, 7) is 3.68. The van der Waals surface area contributed by atoms with Gasteiger partial charge in [-0.1, -0.05) is 36.8 Å². The van der Waals surface area contributed by atoms with Crippen molar-refractivity contribution in [2.75, 3.05) is 0 Å². The zero-order valence-corrected chi connectivity index (χ0v) is 8.69. The van der Waals surface area contributed by atoms with E-state index in [-0.39, 0.29) is 5.92 Å². The maximum atomic E-state index is 11.5. The van der Waals surface area contributed by atoms with Crippen molar-refractivity contribution in [3.63, 3.8) is 0 Å². The highest BCUT2D eigenvalue weighted by Gasteiger charge is 2.42. The molecule has 1 aromatic carbocycles. The number of hydrogen-bond acceptors (Lipinski definition) is 3. The maximum absolute atomic E-state index is 11.5. The average Bonchev–Trinajstić information content (AvgIpc) is 2.41. The molecule has 78 valence electrons. The summed E-state index contributed by atoms with van der Waals surface area (Å²) in [5, 5.41) is 0. The quantitative estimate of drug-likeness (QED) is 0.517. The zero-order chi connectivity index (χ0) is 11.0. The van der Waals surface area contributed by atoms with Crippen LogP contribution < -0.4 is 0 Å². The number of ether oxygens (including phenoxy) is 1. The predicted molar refractivity (Wildman–Crippen MR) is 54.2 cm³/mol. The van der Waals surface area contributed by atoms with Crippen LogP contribution in [0, 0.1) is 12.8 Å². The Bertz CT molecular complexity index is 423. The lowest BCUT2D eigenvalue weighted by molar-refractivity contribution is -0.153. The fourth-order valence-corrected chi connectivity index (χ4v) is 1.88. The van der Waals surface area contributed by atoms with Crippen molar-refractivity contribution >= 4 is 11.9 Å². The molecule has 3 nitrogen and oxygen atoms in total. The normalized spacial score (nSPS) is 25.5. The number of hydrogen-bond donors (Lipinski definition) is 0. The first-order valence-corrected chi connectivity index (χ1v) is 4.91. The van der Waals surface area contributed by atoms with Crippen molar-refractivity contribution in [2.24, 2.45) is 5.92 Å². The van der Waals surface area contributed by atoms with Gasteiger partial charge in [-0.15, -0.1) is 0 Å². The van der Waals surface area contributed by atoms with Crippen molar-refractivity contribution in [2.45, 2.75) is 19.8 Å². The lowest BCUT2D eigenvalue weighted by atomic mass is 9.89. The fourth-order valence-electron chi connectivity index (χ4n) is 1.88. The molecule has 1 aromatic rings. The number of rotatable bonds is 1. The van der Waals surface area contributed by atoms with Crippen molar-refractivity contribution in [3.05, 3.63) is 35.4 Å². The van der Waals surface area contributed by atoms with Gasteiger partial charge < -0.3 is 4.74 Å². The third-order valence-corrected chi connectivity index (χ3v) is 2.73. The summed E-state index contributed by atoms with van der Waals surface area (Å²) >= 11 is 0. The SMILES string of the molecule is Cc1cccc(C2C(=O)OC(=O)C2C)c1. The summed E-state index contributed by atoms with van der Waals surface area (Å²) in [6, 6.07) is 7.61. The highest BCUT2D eigenvalue weighted by atomic mass is 16.6. The molecule has 1 fully saturated rings. The molecule has 15 heavy (non-hydrogen) atoms. The molecule has 0 amide bonds. The van der Waals surface area contributed by atoms with Gasteiger partial charge in [-0.3, -0.25) is 9.59 Å². The molecule has 1 heterocycles. The molecule has 2 rings (SSSR count). The number of esters is 2. The Balaban J connectivity index is 2.39. The molecular formula is C12H12O3. The number of cyclic esters (lactones) is 2. The molecule has 2 unspecified atom stereocenters. The zero-order valence-electron chi connectivity index (χ0n) is 8.69. The highest BCUT2D eigenvalue weighted by Crippen LogP contribution is 2.32. The second-order valence-electron chi connectivity index (χ2n) is 3.92. The number of carbonyl (C=O) groups excluding carboxylic acids is 2. The van der Waals surface area contributed by atoms with Gasteiger partial charge in [-0.25, -0.2) is 0 Å². The number of carbonyl (C=O) groups is 2. The van der Waals surface area contributed by atoms with E-state index in [1.807, 2.05) is 31.2 Å². The summed E-state index contributed by atoms with van der Waals surface area (Å²) in [6.07, 6.45) is 0. The third-order valence-electron chi connectivity index (χ3n) is 2.73. The lowest BCUT2D eigenvalue weighted by Gasteiger charge is -2.09. The fraction of sp³-hybridized carbons (Fsp3) is 0.333. The van der Waals surface area contributed by atoms with Crippen molar-refractivity contribution in [3.8, 4) is 0 Å². The third kappa shape index (κ3) is 1.65. The van der Waals surface area contributed by atoms with E-state index in [1.165, 1.54) is 0 Å².